The standard InChI is InChI=1S/C18H27ClN4O3/c1-12(2)23(13(3)4)17(24)11-26-18(25)14-6-5-9-22(10-14)16-8-7-15(19)20-21-16/h7-8,12-14H,5-6,9-11H2,1-4H3. The number of carbonyl (C=O) groups is 2. The van der Waals surface area contributed by atoms with E-state index in [-0.39, 0.29) is 36.5 Å². The lowest BCUT2D eigenvalue weighted by atomic mass is 9.98. The number of aromatic nitrogens is 2. The number of anilines is 1. The molecule has 1 unspecified atom stereocenters. The zero-order valence-corrected chi connectivity index (χ0v) is 16.6. The molecule has 1 aliphatic heterocycles. The number of hydrogen-bond donors (Lipinski definition) is 0. The van der Waals surface area contributed by atoms with Crippen molar-refractivity contribution in [3.63, 3.8) is 0 Å². The second kappa shape index (κ2) is 9.16. The van der Waals surface area contributed by atoms with Crippen molar-refractivity contribution in [3.8, 4) is 0 Å². The quantitative estimate of drug-likeness (QED) is 0.704. The maximum absolute atomic E-state index is 12.4. The second-order valence-electron chi connectivity index (χ2n) is 7.10. The van der Waals surface area contributed by atoms with Crippen LogP contribution in [0.4, 0.5) is 5.82 Å². The maximum atomic E-state index is 12.4. The Hall–Kier alpha value is -1.89. The van der Waals surface area contributed by atoms with Gasteiger partial charge in [-0.15, -0.1) is 10.2 Å². The highest BCUT2D eigenvalue weighted by molar-refractivity contribution is 6.29. The molecule has 0 aliphatic carbocycles. The average molecular weight is 383 g/mol. The van der Waals surface area contributed by atoms with Crippen LogP contribution in [-0.2, 0) is 14.3 Å². The van der Waals surface area contributed by atoms with Gasteiger partial charge in [0.1, 0.15) is 0 Å². The van der Waals surface area contributed by atoms with Crippen LogP contribution in [0.15, 0.2) is 12.1 Å². The third-order valence-corrected chi connectivity index (χ3v) is 4.64. The van der Waals surface area contributed by atoms with Crippen molar-refractivity contribution >= 4 is 29.3 Å². The van der Waals surface area contributed by atoms with Gasteiger partial charge in [-0.05, 0) is 52.7 Å². The highest BCUT2D eigenvalue weighted by Gasteiger charge is 2.29. The fraction of sp³-hybridized carbons (Fsp3) is 0.667. The summed E-state index contributed by atoms with van der Waals surface area (Å²) in [6.07, 6.45) is 1.59. The number of nitrogens with zero attached hydrogens (tertiary/aromatic N) is 4. The van der Waals surface area contributed by atoms with Crippen LogP contribution in [0.2, 0.25) is 5.15 Å². The minimum Gasteiger partial charge on any atom is -0.455 e. The van der Waals surface area contributed by atoms with Gasteiger partial charge < -0.3 is 14.5 Å². The van der Waals surface area contributed by atoms with Crippen LogP contribution in [0.5, 0.6) is 0 Å². The first kappa shape index (κ1) is 20.4. The fourth-order valence-electron chi connectivity index (χ4n) is 3.35. The normalized spacial score (nSPS) is 17.5. The Labute approximate surface area is 159 Å². The topological polar surface area (TPSA) is 75.6 Å². The first-order valence-corrected chi connectivity index (χ1v) is 9.39. The summed E-state index contributed by atoms with van der Waals surface area (Å²) < 4.78 is 5.31. The molecule has 0 radical (unpaired) electrons. The predicted molar refractivity (Wildman–Crippen MR) is 100 cm³/mol. The van der Waals surface area contributed by atoms with Gasteiger partial charge in [0, 0.05) is 25.2 Å². The first-order chi connectivity index (χ1) is 12.3. The molecule has 1 aliphatic rings. The van der Waals surface area contributed by atoms with E-state index in [1.165, 1.54) is 0 Å². The number of amides is 1. The largest absolute Gasteiger partial charge is 0.455 e. The molecule has 8 heteroatoms. The van der Waals surface area contributed by atoms with Crippen molar-refractivity contribution < 1.29 is 14.3 Å². The summed E-state index contributed by atoms with van der Waals surface area (Å²) in [5, 5.41) is 8.24. The van der Waals surface area contributed by atoms with Crippen molar-refractivity contribution in [1.82, 2.24) is 15.1 Å². The number of carbonyl (C=O) groups excluding carboxylic acids is 2. The molecule has 0 bridgehead atoms. The van der Waals surface area contributed by atoms with Crippen LogP contribution in [0.3, 0.4) is 0 Å². The number of piperidine rings is 1. The average Bonchev–Trinajstić information content (AvgIpc) is 2.59. The Morgan fingerprint density at radius 2 is 1.96 bits per heavy atom. The lowest BCUT2D eigenvalue weighted by Crippen LogP contribution is -2.45. The molecule has 0 spiro atoms. The van der Waals surface area contributed by atoms with Crippen molar-refractivity contribution in [2.75, 3.05) is 24.6 Å². The van der Waals surface area contributed by atoms with Gasteiger partial charge in [0.2, 0.25) is 0 Å². The third kappa shape index (κ3) is 5.30. The van der Waals surface area contributed by atoms with Crippen molar-refractivity contribution in [3.05, 3.63) is 17.3 Å². The maximum Gasteiger partial charge on any atom is 0.311 e. The van der Waals surface area contributed by atoms with E-state index in [9.17, 15) is 9.59 Å². The fourth-order valence-corrected chi connectivity index (χ4v) is 3.45. The lowest BCUT2D eigenvalue weighted by Gasteiger charge is -2.33. The Balaban J connectivity index is 1.90. The van der Waals surface area contributed by atoms with E-state index in [1.807, 2.05) is 32.6 Å². The van der Waals surface area contributed by atoms with Crippen molar-refractivity contribution in [2.45, 2.75) is 52.6 Å². The van der Waals surface area contributed by atoms with E-state index in [1.54, 1.807) is 17.0 Å². The molecule has 1 saturated heterocycles. The zero-order valence-electron chi connectivity index (χ0n) is 15.8. The van der Waals surface area contributed by atoms with E-state index >= 15 is 0 Å². The molecule has 1 fully saturated rings. The summed E-state index contributed by atoms with van der Waals surface area (Å²) in [6.45, 7) is 8.89. The van der Waals surface area contributed by atoms with Crippen LogP contribution in [0.25, 0.3) is 0 Å². The molecular weight excluding hydrogens is 356 g/mol. The van der Waals surface area contributed by atoms with E-state index in [0.29, 0.717) is 17.5 Å². The van der Waals surface area contributed by atoms with E-state index < -0.39 is 0 Å². The lowest BCUT2D eigenvalue weighted by molar-refractivity contribution is -0.157. The third-order valence-electron chi connectivity index (χ3n) is 4.44. The molecule has 1 aromatic rings. The number of ether oxygens (including phenoxy) is 1. The summed E-state index contributed by atoms with van der Waals surface area (Å²) in [5.41, 5.74) is 0. The van der Waals surface area contributed by atoms with Gasteiger partial charge in [0.05, 0.1) is 5.92 Å². The van der Waals surface area contributed by atoms with E-state index in [0.717, 1.165) is 19.4 Å². The van der Waals surface area contributed by atoms with Crippen LogP contribution < -0.4 is 4.90 Å². The van der Waals surface area contributed by atoms with Gasteiger partial charge in [-0.3, -0.25) is 9.59 Å². The molecule has 144 valence electrons. The van der Waals surface area contributed by atoms with Crippen molar-refractivity contribution in [1.29, 1.82) is 0 Å². The molecule has 2 heterocycles. The summed E-state index contributed by atoms with van der Waals surface area (Å²) in [4.78, 5) is 28.5. The predicted octanol–water partition coefficient (Wildman–Crippen LogP) is 2.54. The SMILES string of the molecule is CC(C)N(C(=O)COC(=O)C1CCCN(c2ccc(Cl)nn2)C1)C(C)C. The first-order valence-electron chi connectivity index (χ1n) is 9.01. The second-order valence-corrected chi connectivity index (χ2v) is 7.48. The summed E-state index contributed by atoms with van der Waals surface area (Å²) in [5.74, 6) is -0.0913. The molecule has 0 aromatic carbocycles. The Kier molecular flexibility index (Phi) is 7.20. The summed E-state index contributed by atoms with van der Waals surface area (Å²) in [6, 6.07) is 3.59. The minimum atomic E-state index is -0.336. The molecule has 0 saturated carbocycles. The van der Waals surface area contributed by atoms with Crippen molar-refractivity contribution in [2.24, 2.45) is 5.92 Å². The highest BCUT2D eigenvalue weighted by atomic mass is 35.5. The molecular formula is C18H27ClN4O3. The molecule has 26 heavy (non-hydrogen) atoms. The van der Waals surface area contributed by atoms with Crippen LogP contribution >= 0.6 is 11.6 Å². The molecule has 1 aromatic heterocycles. The Bertz CT molecular complexity index is 613. The van der Waals surface area contributed by atoms with Crippen LogP contribution in [-0.4, -0.2) is 58.8 Å². The van der Waals surface area contributed by atoms with E-state index in [2.05, 4.69) is 10.2 Å². The van der Waals surface area contributed by atoms with E-state index in [4.69, 9.17) is 16.3 Å². The monoisotopic (exact) mass is 382 g/mol. The molecule has 1 amide bonds. The smallest absolute Gasteiger partial charge is 0.311 e. The van der Waals surface area contributed by atoms with Gasteiger partial charge >= 0.3 is 5.97 Å². The molecule has 1 atom stereocenters. The Morgan fingerprint density at radius 1 is 1.27 bits per heavy atom. The molecule has 2 rings (SSSR count). The van der Waals surface area contributed by atoms with Crippen LogP contribution in [0, 0.1) is 5.92 Å². The van der Waals surface area contributed by atoms with Gasteiger partial charge in [0.25, 0.3) is 5.91 Å². The van der Waals surface area contributed by atoms with Gasteiger partial charge in [0.15, 0.2) is 17.6 Å². The van der Waals surface area contributed by atoms with Crippen LogP contribution in [0.1, 0.15) is 40.5 Å². The number of hydrogen-bond acceptors (Lipinski definition) is 6. The number of rotatable bonds is 6. The van der Waals surface area contributed by atoms with Gasteiger partial charge in [-0.25, -0.2) is 0 Å². The minimum absolute atomic E-state index is 0.0647. The van der Waals surface area contributed by atoms with Gasteiger partial charge in [-0.1, -0.05) is 11.6 Å². The number of halogens is 1. The Morgan fingerprint density at radius 3 is 2.54 bits per heavy atom. The van der Waals surface area contributed by atoms with Gasteiger partial charge in [-0.2, -0.15) is 0 Å². The molecule has 0 N–H and O–H groups in total. The zero-order chi connectivity index (χ0) is 19.3. The summed E-state index contributed by atoms with van der Waals surface area (Å²) >= 11 is 5.77. The highest BCUT2D eigenvalue weighted by Crippen LogP contribution is 2.22. The summed E-state index contributed by atoms with van der Waals surface area (Å²) in [7, 11) is 0. The number of esters is 1. The molecule has 7 nitrogen and oxygen atoms in total.